The van der Waals surface area contributed by atoms with Crippen LogP contribution in [0.3, 0.4) is 0 Å². The summed E-state index contributed by atoms with van der Waals surface area (Å²) in [5.74, 6) is 0.891. The van der Waals surface area contributed by atoms with Crippen LogP contribution in [0.1, 0.15) is 51.7 Å². The Morgan fingerprint density at radius 3 is 2.38 bits per heavy atom. The van der Waals surface area contributed by atoms with E-state index in [1.807, 2.05) is 39.8 Å². The number of fused-ring (bicyclic) bond motifs is 1. The number of carbonyl (C=O) groups is 2. The molecular formula is C27H34N4O6. The molecule has 0 aliphatic carbocycles. The van der Waals surface area contributed by atoms with Crippen molar-refractivity contribution in [3.63, 3.8) is 0 Å². The third-order valence-electron chi connectivity index (χ3n) is 7.61. The molecule has 0 saturated carbocycles. The molecule has 0 atom stereocenters. The molecule has 5 rings (SSSR count). The lowest BCUT2D eigenvalue weighted by atomic mass is 9.82. The predicted octanol–water partition coefficient (Wildman–Crippen LogP) is 2.89. The third kappa shape index (κ3) is 4.18. The molecule has 0 bridgehead atoms. The van der Waals surface area contributed by atoms with Crippen molar-refractivity contribution in [1.82, 2.24) is 14.5 Å². The summed E-state index contributed by atoms with van der Waals surface area (Å²) in [4.78, 5) is 28.0. The van der Waals surface area contributed by atoms with E-state index in [-0.39, 0.29) is 41.8 Å². The van der Waals surface area contributed by atoms with Crippen LogP contribution >= 0.6 is 0 Å². The molecule has 3 aliphatic rings. The fourth-order valence-corrected chi connectivity index (χ4v) is 5.52. The van der Waals surface area contributed by atoms with Gasteiger partial charge in [0.1, 0.15) is 23.6 Å². The number of hydrogen-bond donors (Lipinski definition) is 2. The Morgan fingerprint density at radius 1 is 1.11 bits per heavy atom. The van der Waals surface area contributed by atoms with Crippen LogP contribution in [0.5, 0.6) is 23.3 Å². The normalized spacial score (nSPS) is 20.6. The smallest absolute Gasteiger partial charge is 0.254 e. The van der Waals surface area contributed by atoms with Crippen LogP contribution in [-0.4, -0.2) is 74.1 Å². The fraction of sp³-hybridized carbons (Fsp3) is 0.519. The van der Waals surface area contributed by atoms with Gasteiger partial charge in [0.2, 0.25) is 5.91 Å². The number of aromatic nitrogens is 1. The topological polar surface area (TPSA) is 117 Å². The molecule has 2 N–H and O–H groups in total. The maximum Gasteiger partial charge on any atom is 0.254 e. The Balaban J connectivity index is 1.35. The molecule has 2 amide bonds. The van der Waals surface area contributed by atoms with Gasteiger partial charge in [-0.05, 0) is 52.7 Å². The van der Waals surface area contributed by atoms with E-state index >= 15 is 0 Å². The van der Waals surface area contributed by atoms with Gasteiger partial charge in [0.25, 0.3) is 5.91 Å². The van der Waals surface area contributed by atoms with Gasteiger partial charge >= 0.3 is 0 Å². The largest absolute Gasteiger partial charge is 0.496 e. The Labute approximate surface area is 216 Å². The van der Waals surface area contributed by atoms with E-state index in [1.54, 1.807) is 17.0 Å². The predicted molar refractivity (Wildman–Crippen MR) is 136 cm³/mol. The maximum absolute atomic E-state index is 13.6. The van der Waals surface area contributed by atoms with Gasteiger partial charge in [-0.1, -0.05) is 0 Å². The highest BCUT2D eigenvalue weighted by Crippen LogP contribution is 2.46. The van der Waals surface area contributed by atoms with Crippen molar-refractivity contribution < 1.29 is 29.3 Å². The number of amides is 2. The second kappa shape index (κ2) is 8.71. The summed E-state index contributed by atoms with van der Waals surface area (Å²) in [6.45, 7) is 8.60. The monoisotopic (exact) mass is 510 g/mol. The van der Waals surface area contributed by atoms with E-state index in [2.05, 4.69) is 0 Å². The number of benzene rings is 1. The van der Waals surface area contributed by atoms with Gasteiger partial charge in [-0.2, -0.15) is 5.10 Å². The van der Waals surface area contributed by atoms with Crippen molar-refractivity contribution in [2.75, 3.05) is 20.2 Å². The van der Waals surface area contributed by atoms with Crippen molar-refractivity contribution in [3.8, 4) is 23.3 Å². The molecule has 198 valence electrons. The van der Waals surface area contributed by atoms with Gasteiger partial charge in [0.05, 0.1) is 24.3 Å². The van der Waals surface area contributed by atoms with E-state index in [0.29, 0.717) is 38.1 Å². The molecule has 0 unspecified atom stereocenters. The van der Waals surface area contributed by atoms with Crippen LogP contribution in [-0.2, 0) is 22.6 Å². The first-order chi connectivity index (χ1) is 17.4. The summed E-state index contributed by atoms with van der Waals surface area (Å²) in [6, 6.07) is 6.38. The minimum atomic E-state index is -0.838. The van der Waals surface area contributed by atoms with Crippen molar-refractivity contribution in [3.05, 3.63) is 35.4 Å². The van der Waals surface area contributed by atoms with Crippen molar-refractivity contribution >= 4 is 17.5 Å². The van der Waals surface area contributed by atoms with E-state index < -0.39 is 5.41 Å². The first-order valence-corrected chi connectivity index (χ1v) is 12.6. The van der Waals surface area contributed by atoms with Gasteiger partial charge in [0.15, 0.2) is 11.8 Å². The molecule has 3 aliphatic heterocycles. The lowest BCUT2D eigenvalue weighted by molar-refractivity contribution is -0.139. The highest BCUT2D eigenvalue weighted by Gasteiger charge is 2.49. The summed E-state index contributed by atoms with van der Waals surface area (Å²) in [5.41, 5.74) is 1.25. The Kier molecular flexibility index (Phi) is 5.88. The molecule has 2 aromatic rings. The molecule has 1 aromatic heterocycles. The first kappa shape index (κ1) is 25.0. The average molecular weight is 511 g/mol. The molecule has 0 radical (unpaired) electrons. The highest BCUT2D eigenvalue weighted by atomic mass is 16.5. The Bertz CT molecular complexity index is 1270. The number of piperidine rings is 1. The number of ether oxygens (including phenoxy) is 2. The maximum atomic E-state index is 13.6. The van der Waals surface area contributed by atoms with Crippen LogP contribution in [0.25, 0.3) is 0 Å². The fourth-order valence-electron chi connectivity index (χ4n) is 5.52. The number of methoxy groups -OCH3 is 1. The molecule has 4 heterocycles. The van der Waals surface area contributed by atoms with Crippen LogP contribution in [0, 0.1) is 5.41 Å². The standard InChI is InChI=1S/C27H34N4O6/c1-26(2)14-18-19(36-5)7-6-17(23(18)37-26)24-27(3,4)25(35)31(28-24)16-10-12-29(13-11-16)22(34)15-30-20(32)8-9-21(30)33/h6-9,16,32-33H,10-15H2,1-5H3. The minimum Gasteiger partial charge on any atom is -0.496 e. The molecule has 10 nitrogen and oxygen atoms in total. The van der Waals surface area contributed by atoms with Gasteiger partial charge < -0.3 is 24.6 Å². The Hall–Kier alpha value is -3.69. The first-order valence-electron chi connectivity index (χ1n) is 12.6. The number of hydrogen-bond acceptors (Lipinski definition) is 7. The van der Waals surface area contributed by atoms with Gasteiger partial charge in [0, 0.05) is 42.8 Å². The zero-order valence-electron chi connectivity index (χ0n) is 21.9. The zero-order chi connectivity index (χ0) is 26.7. The number of carbonyl (C=O) groups excluding carboxylic acids is 2. The summed E-state index contributed by atoms with van der Waals surface area (Å²) in [6.07, 6.45) is 1.87. The second-order valence-corrected chi connectivity index (χ2v) is 11.1. The number of nitrogens with zero attached hydrogens (tertiary/aromatic N) is 4. The molecule has 0 spiro atoms. The lowest BCUT2D eigenvalue weighted by Crippen LogP contribution is -2.48. The number of rotatable bonds is 5. The van der Waals surface area contributed by atoms with Crippen LogP contribution in [0.2, 0.25) is 0 Å². The SMILES string of the molecule is COc1ccc(C2=NN(C3CCN(C(=O)Cn4c(O)ccc4O)CC3)C(=O)C2(C)C)c2c1CC(C)(C)O2. The molecule has 1 aromatic carbocycles. The molecular weight excluding hydrogens is 476 g/mol. The van der Waals surface area contributed by atoms with Crippen LogP contribution in [0.15, 0.2) is 29.4 Å². The van der Waals surface area contributed by atoms with Crippen molar-refractivity contribution in [2.24, 2.45) is 10.5 Å². The summed E-state index contributed by atoms with van der Waals surface area (Å²) in [7, 11) is 1.64. The third-order valence-corrected chi connectivity index (χ3v) is 7.61. The number of aromatic hydroxyl groups is 2. The van der Waals surface area contributed by atoms with E-state index in [0.717, 1.165) is 27.2 Å². The molecule has 1 fully saturated rings. The average Bonchev–Trinajstić information content (AvgIpc) is 3.44. The van der Waals surface area contributed by atoms with Crippen molar-refractivity contribution in [2.45, 2.75) is 65.1 Å². The quantitative estimate of drug-likeness (QED) is 0.639. The van der Waals surface area contributed by atoms with Crippen LogP contribution in [0.4, 0.5) is 0 Å². The highest BCUT2D eigenvalue weighted by molar-refractivity contribution is 6.20. The van der Waals surface area contributed by atoms with E-state index in [4.69, 9.17) is 14.6 Å². The lowest BCUT2D eigenvalue weighted by Gasteiger charge is -2.35. The molecule has 1 saturated heterocycles. The summed E-state index contributed by atoms with van der Waals surface area (Å²) in [5, 5.41) is 26.1. The number of hydrazone groups is 1. The van der Waals surface area contributed by atoms with E-state index in [1.165, 1.54) is 12.1 Å². The number of likely N-dealkylation sites (tertiary alicyclic amines) is 1. The summed E-state index contributed by atoms with van der Waals surface area (Å²) >= 11 is 0. The Morgan fingerprint density at radius 2 is 1.76 bits per heavy atom. The van der Waals surface area contributed by atoms with E-state index in [9.17, 15) is 19.8 Å². The van der Waals surface area contributed by atoms with Crippen LogP contribution < -0.4 is 9.47 Å². The van der Waals surface area contributed by atoms with Gasteiger partial charge in [-0.15, -0.1) is 0 Å². The summed E-state index contributed by atoms with van der Waals surface area (Å²) < 4.78 is 13.1. The zero-order valence-corrected chi connectivity index (χ0v) is 21.9. The molecule has 37 heavy (non-hydrogen) atoms. The van der Waals surface area contributed by atoms with Gasteiger partial charge in [-0.3, -0.25) is 14.2 Å². The second-order valence-electron chi connectivity index (χ2n) is 11.1. The van der Waals surface area contributed by atoms with Crippen molar-refractivity contribution in [1.29, 1.82) is 0 Å². The minimum absolute atomic E-state index is 0.0729. The van der Waals surface area contributed by atoms with Gasteiger partial charge in [-0.25, -0.2) is 5.01 Å². The molecule has 10 heteroatoms.